The highest BCUT2D eigenvalue weighted by Gasteiger charge is 2.41. The van der Waals surface area contributed by atoms with E-state index in [0.717, 1.165) is 5.56 Å². The van der Waals surface area contributed by atoms with Crippen LogP contribution in [0.2, 0.25) is 0 Å². The minimum Gasteiger partial charge on any atom is -0.508 e. The first-order valence-electron chi connectivity index (χ1n) is 11.6. The van der Waals surface area contributed by atoms with E-state index in [1.54, 1.807) is 12.1 Å². The predicted octanol–water partition coefficient (Wildman–Crippen LogP) is 2.12. The van der Waals surface area contributed by atoms with Crippen LogP contribution in [0.4, 0.5) is 0 Å². The first kappa shape index (κ1) is 22.9. The highest BCUT2D eigenvalue weighted by atomic mass is 28.3. The van der Waals surface area contributed by atoms with Crippen molar-refractivity contribution in [2.45, 2.75) is 0 Å². The van der Waals surface area contributed by atoms with Crippen LogP contribution in [0.5, 0.6) is 5.75 Å². The molecule has 3 N–H and O–H groups in total. The van der Waals surface area contributed by atoms with Crippen LogP contribution in [0.15, 0.2) is 133 Å². The maximum absolute atomic E-state index is 10.7. The van der Waals surface area contributed by atoms with Crippen molar-refractivity contribution in [3.8, 4) is 16.9 Å². The number of aromatic hydroxyl groups is 1. The smallest absolute Gasteiger partial charge is 0.492 e. The molecule has 170 valence electrons. The van der Waals surface area contributed by atoms with E-state index in [0.29, 0.717) is 5.56 Å². The van der Waals surface area contributed by atoms with Crippen molar-refractivity contribution in [2.75, 3.05) is 0 Å². The van der Waals surface area contributed by atoms with E-state index < -0.39 is 15.2 Å². The second-order valence-electron chi connectivity index (χ2n) is 8.54. The Morgan fingerprint density at radius 2 is 0.886 bits per heavy atom. The fourth-order valence-corrected chi connectivity index (χ4v) is 9.71. The predicted molar refractivity (Wildman–Crippen MR) is 147 cm³/mol. The van der Waals surface area contributed by atoms with Gasteiger partial charge in [0, 0.05) is 11.0 Å². The van der Waals surface area contributed by atoms with E-state index >= 15 is 0 Å². The monoisotopic (exact) mass is 472 g/mol. The van der Waals surface area contributed by atoms with Gasteiger partial charge in [0.25, 0.3) is 0 Å². The lowest BCUT2D eigenvalue weighted by Gasteiger charge is -2.34. The van der Waals surface area contributed by atoms with Crippen molar-refractivity contribution in [2.24, 2.45) is 0 Å². The summed E-state index contributed by atoms with van der Waals surface area (Å²) in [7, 11) is -4.34. The Hall–Kier alpha value is -3.90. The molecule has 3 nitrogen and oxygen atoms in total. The van der Waals surface area contributed by atoms with Gasteiger partial charge < -0.3 is 15.2 Å². The third-order valence-corrected chi connectivity index (χ3v) is 11.4. The molecule has 0 atom stereocenters. The van der Waals surface area contributed by atoms with E-state index in [9.17, 15) is 15.2 Å². The number of benzene rings is 5. The molecular formula is C30H25BO3Si. The molecule has 0 unspecified atom stereocenters. The summed E-state index contributed by atoms with van der Waals surface area (Å²) in [5.41, 5.74) is 1.47. The lowest BCUT2D eigenvalue weighted by molar-refractivity contribution is 0.420. The number of hydrogen-bond donors (Lipinski definition) is 3. The summed E-state index contributed by atoms with van der Waals surface area (Å²) in [5, 5.41) is 35.0. The van der Waals surface area contributed by atoms with Gasteiger partial charge in [-0.05, 0) is 26.3 Å². The topological polar surface area (TPSA) is 60.7 Å². The van der Waals surface area contributed by atoms with E-state index in [1.165, 1.54) is 26.8 Å². The molecule has 5 rings (SSSR count). The summed E-state index contributed by atoms with van der Waals surface area (Å²) >= 11 is 0. The fourth-order valence-electron chi connectivity index (χ4n) is 4.97. The second-order valence-corrected chi connectivity index (χ2v) is 12.4. The largest absolute Gasteiger partial charge is 0.508 e. The molecule has 0 spiro atoms. The normalized spacial score (nSPS) is 11.3. The third-order valence-electron chi connectivity index (χ3n) is 6.59. The minimum absolute atomic E-state index is 0.0909. The molecule has 0 heterocycles. The standard InChI is InChI=1S/C30H25BO3Si/c32-30-28(17-10-18-29(30)31(33)34)23-19-21-27(22-20-23)35(24-11-4-1-5-12-24,25-13-6-2-7-14-25)26-15-8-3-9-16-26/h1-22,32-34H. The Kier molecular flexibility index (Phi) is 6.38. The number of rotatable bonds is 6. The summed E-state index contributed by atoms with van der Waals surface area (Å²) in [6, 6.07) is 45.4. The summed E-state index contributed by atoms with van der Waals surface area (Å²) in [4.78, 5) is 0. The molecule has 5 aromatic carbocycles. The zero-order chi connectivity index (χ0) is 24.3. The summed E-state index contributed by atoms with van der Waals surface area (Å²) in [6.07, 6.45) is 0. The van der Waals surface area contributed by atoms with Crippen LogP contribution in [-0.4, -0.2) is 30.3 Å². The number of phenolic OH excluding ortho intramolecular Hbond substituents is 1. The van der Waals surface area contributed by atoms with Gasteiger partial charge in [-0.1, -0.05) is 133 Å². The molecule has 0 aliphatic heterocycles. The maximum atomic E-state index is 10.7. The molecule has 0 aliphatic carbocycles. The Morgan fingerprint density at radius 3 is 1.31 bits per heavy atom. The number of para-hydroxylation sites is 1. The highest BCUT2D eigenvalue weighted by molar-refractivity contribution is 7.19. The lowest BCUT2D eigenvalue weighted by Crippen LogP contribution is -2.74. The summed E-state index contributed by atoms with van der Waals surface area (Å²) < 4.78 is 0. The van der Waals surface area contributed by atoms with Crippen LogP contribution in [-0.2, 0) is 0 Å². The average Bonchev–Trinajstić information content (AvgIpc) is 2.91. The van der Waals surface area contributed by atoms with E-state index in [2.05, 4.69) is 84.9 Å². The molecule has 0 bridgehead atoms. The van der Waals surface area contributed by atoms with Crippen LogP contribution in [0.3, 0.4) is 0 Å². The van der Waals surface area contributed by atoms with Crippen molar-refractivity contribution in [1.82, 2.24) is 0 Å². The van der Waals surface area contributed by atoms with Crippen LogP contribution in [0.25, 0.3) is 11.1 Å². The third kappa shape index (κ3) is 4.10. The van der Waals surface area contributed by atoms with Gasteiger partial charge in [0.05, 0.1) is 0 Å². The number of phenols is 1. The first-order chi connectivity index (χ1) is 17.1. The van der Waals surface area contributed by atoms with Gasteiger partial charge >= 0.3 is 7.12 Å². The van der Waals surface area contributed by atoms with E-state index in [4.69, 9.17) is 0 Å². The minimum atomic E-state index is -2.61. The maximum Gasteiger partial charge on any atom is 0.492 e. The SMILES string of the molecule is OB(O)c1cccc(-c2ccc([Si](c3ccccc3)(c3ccccc3)c3ccccc3)cc2)c1O. The van der Waals surface area contributed by atoms with Crippen LogP contribution in [0.1, 0.15) is 0 Å². The van der Waals surface area contributed by atoms with Crippen molar-refractivity contribution >= 4 is 41.4 Å². The quantitative estimate of drug-likeness (QED) is 0.262. The van der Waals surface area contributed by atoms with Gasteiger partial charge in [-0.2, -0.15) is 0 Å². The van der Waals surface area contributed by atoms with Crippen molar-refractivity contribution in [3.63, 3.8) is 0 Å². The van der Waals surface area contributed by atoms with E-state index in [-0.39, 0.29) is 11.2 Å². The molecule has 0 fully saturated rings. The molecule has 5 heteroatoms. The van der Waals surface area contributed by atoms with Gasteiger partial charge in [-0.25, -0.2) is 0 Å². The first-order valence-corrected chi connectivity index (χ1v) is 13.6. The van der Waals surface area contributed by atoms with E-state index in [1.807, 2.05) is 30.3 Å². The van der Waals surface area contributed by atoms with Gasteiger partial charge in [-0.3, -0.25) is 0 Å². The van der Waals surface area contributed by atoms with Gasteiger partial charge in [0.2, 0.25) is 0 Å². The molecule has 35 heavy (non-hydrogen) atoms. The lowest BCUT2D eigenvalue weighted by atomic mass is 9.78. The molecule has 5 aromatic rings. The summed E-state index contributed by atoms with van der Waals surface area (Å²) in [6.45, 7) is 0. The van der Waals surface area contributed by atoms with Crippen LogP contribution < -0.4 is 26.2 Å². The molecule has 0 aromatic heterocycles. The van der Waals surface area contributed by atoms with Crippen LogP contribution >= 0.6 is 0 Å². The molecule has 0 amide bonds. The highest BCUT2D eigenvalue weighted by Crippen LogP contribution is 2.27. The van der Waals surface area contributed by atoms with Crippen LogP contribution in [0, 0.1) is 0 Å². The second kappa shape index (κ2) is 9.76. The van der Waals surface area contributed by atoms with Crippen molar-refractivity contribution < 1.29 is 15.2 Å². The van der Waals surface area contributed by atoms with Gasteiger partial charge in [0.1, 0.15) is 5.75 Å². The van der Waals surface area contributed by atoms with Gasteiger partial charge in [-0.15, -0.1) is 0 Å². The molecule has 0 radical (unpaired) electrons. The van der Waals surface area contributed by atoms with Crippen molar-refractivity contribution in [3.05, 3.63) is 133 Å². The van der Waals surface area contributed by atoms with Crippen molar-refractivity contribution in [1.29, 1.82) is 0 Å². The number of hydrogen-bond acceptors (Lipinski definition) is 3. The Morgan fingerprint density at radius 1 is 0.457 bits per heavy atom. The molecule has 0 aliphatic rings. The Labute approximate surface area is 206 Å². The molecule has 0 saturated heterocycles. The van der Waals surface area contributed by atoms with Gasteiger partial charge in [0.15, 0.2) is 8.07 Å². The Bertz CT molecular complexity index is 1310. The molecule has 0 saturated carbocycles. The Balaban J connectivity index is 1.74. The molecular weight excluding hydrogens is 447 g/mol. The summed E-state index contributed by atoms with van der Waals surface area (Å²) in [5.74, 6) is -0.118. The zero-order valence-corrected chi connectivity index (χ0v) is 20.1. The zero-order valence-electron chi connectivity index (χ0n) is 19.1. The average molecular weight is 472 g/mol. The fraction of sp³-hybridized carbons (Fsp3) is 0.